The lowest BCUT2D eigenvalue weighted by Crippen LogP contribution is -2.17. The zero-order valence-electron chi connectivity index (χ0n) is 6.77. The van der Waals surface area contributed by atoms with Gasteiger partial charge in [-0.3, -0.25) is 0 Å². The van der Waals surface area contributed by atoms with Crippen LogP contribution in [0.1, 0.15) is 39.0 Å². The van der Waals surface area contributed by atoms with Crippen LogP contribution in [0.15, 0.2) is 11.6 Å². The van der Waals surface area contributed by atoms with Crippen LogP contribution in [-0.4, -0.2) is 6.04 Å². The highest BCUT2D eigenvalue weighted by molar-refractivity contribution is 5.09. The zero-order chi connectivity index (χ0) is 7.40. The van der Waals surface area contributed by atoms with Gasteiger partial charge < -0.3 is 5.73 Å². The SMILES string of the molecule is C[C@@H](N)C1=CCCCCC1. The Morgan fingerprint density at radius 1 is 1.40 bits per heavy atom. The van der Waals surface area contributed by atoms with Crippen molar-refractivity contribution in [1.29, 1.82) is 0 Å². The molecule has 1 aliphatic rings. The molecule has 1 nitrogen and oxygen atoms in total. The highest BCUT2D eigenvalue weighted by Crippen LogP contribution is 2.18. The quantitative estimate of drug-likeness (QED) is 0.554. The Labute approximate surface area is 63.3 Å². The molecule has 0 aromatic carbocycles. The van der Waals surface area contributed by atoms with Gasteiger partial charge in [-0.2, -0.15) is 0 Å². The lowest BCUT2D eigenvalue weighted by Gasteiger charge is -2.07. The van der Waals surface area contributed by atoms with E-state index in [1.807, 2.05) is 0 Å². The van der Waals surface area contributed by atoms with Crippen molar-refractivity contribution in [2.75, 3.05) is 0 Å². The molecule has 0 spiro atoms. The van der Waals surface area contributed by atoms with E-state index in [4.69, 9.17) is 5.73 Å². The van der Waals surface area contributed by atoms with Crippen molar-refractivity contribution in [2.24, 2.45) is 5.73 Å². The van der Waals surface area contributed by atoms with E-state index in [-0.39, 0.29) is 6.04 Å². The average Bonchev–Trinajstić information content (AvgIpc) is 2.12. The summed E-state index contributed by atoms with van der Waals surface area (Å²) in [4.78, 5) is 0. The Bertz CT molecular complexity index is 125. The standard InChI is InChI=1S/C9H17N/c1-8(10)9-6-4-2-3-5-7-9/h6,8H,2-5,7,10H2,1H3/t8-/m1/s1. The predicted molar refractivity (Wildman–Crippen MR) is 44.8 cm³/mol. The molecule has 0 heterocycles. The van der Waals surface area contributed by atoms with Gasteiger partial charge in [0.05, 0.1) is 0 Å². The summed E-state index contributed by atoms with van der Waals surface area (Å²) >= 11 is 0. The van der Waals surface area contributed by atoms with Crippen molar-refractivity contribution in [3.05, 3.63) is 11.6 Å². The molecular weight excluding hydrogens is 122 g/mol. The fourth-order valence-corrected chi connectivity index (χ4v) is 1.45. The molecule has 0 saturated heterocycles. The third-order valence-corrected chi connectivity index (χ3v) is 2.16. The first-order chi connectivity index (χ1) is 4.80. The van der Waals surface area contributed by atoms with Crippen molar-refractivity contribution in [3.8, 4) is 0 Å². The molecule has 1 heteroatoms. The van der Waals surface area contributed by atoms with Gasteiger partial charge in [-0.15, -0.1) is 0 Å². The van der Waals surface area contributed by atoms with Crippen LogP contribution in [0.3, 0.4) is 0 Å². The summed E-state index contributed by atoms with van der Waals surface area (Å²) in [6, 6.07) is 0.290. The first-order valence-corrected chi connectivity index (χ1v) is 4.25. The summed E-state index contributed by atoms with van der Waals surface area (Å²) in [5.74, 6) is 0. The normalized spacial score (nSPS) is 23.2. The van der Waals surface area contributed by atoms with Crippen LogP contribution in [0.2, 0.25) is 0 Å². The maximum Gasteiger partial charge on any atom is 0.0224 e. The van der Waals surface area contributed by atoms with Crippen LogP contribution >= 0.6 is 0 Å². The number of allylic oxidation sites excluding steroid dienone is 1. The second-order valence-electron chi connectivity index (χ2n) is 3.17. The molecule has 0 amide bonds. The average molecular weight is 139 g/mol. The predicted octanol–water partition coefficient (Wildman–Crippen LogP) is 2.22. The number of hydrogen-bond acceptors (Lipinski definition) is 1. The van der Waals surface area contributed by atoms with Gasteiger partial charge in [-0.05, 0) is 32.6 Å². The lowest BCUT2D eigenvalue weighted by atomic mass is 10.0. The third-order valence-electron chi connectivity index (χ3n) is 2.16. The van der Waals surface area contributed by atoms with Crippen LogP contribution in [0, 0.1) is 0 Å². The molecular formula is C9H17N. The minimum absolute atomic E-state index is 0.290. The largest absolute Gasteiger partial charge is 0.324 e. The minimum Gasteiger partial charge on any atom is -0.324 e. The Balaban J connectivity index is 2.46. The molecule has 58 valence electrons. The minimum atomic E-state index is 0.290. The molecule has 1 aliphatic carbocycles. The topological polar surface area (TPSA) is 26.0 Å². The van der Waals surface area contributed by atoms with Gasteiger partial charge in [0.15, 0.2) is 0 Å². The number of hydrogen-bond donors (Lipinski definition) is 1. The van der Waals surface area contributed by atoms with Gasteiger partial charge in [-0.25, -0.2) is 0 Å². The summed E-state index contributed by atoms with van der Waals surface area (Å²) < 4.78 is 0. The third kappa shape index (κ3) is 2.14. The van der Waals surface area contributed by atoms with Crippen LogP contribution in [0.4, 0.5) is 0 Å². The molecule has 0 unspecified atom stereocenters. The molecule has 0 radical (unpaired) electrons. The summed E-state index contributed by atoms with van der Waals surface area (Å²) in [5, 5.41) is 0. The van der Waals surface area contributed by atoms with E-state index < -0.39 is 0 Å². The van der Waals surface area contributed by atoms with E-state index in [1.165, 1.54) is 37.7 Å². The van der Waals surface area contributed by atoms with E-state index >= 15 is 0 Å². The summed E-state index contributed by atoms with van der Waals surface area (Å²) in [7, 11) is 0. The van der Waals surface area contributed by atoms with Crippen LogP contribution in [0.5, 0.6) is 0 Å². The van der Waals surface area contributed by atoms with Gasteiger partial charge >= 0.3 is 0 Å². The van der Waals surface area contributed by atoms with Gasteiger partial charge in [0.25, 0.3) is 0 Å². The molecule has 10 heavy (non-hydrogen) atoms. The summed E-state index contributed by atoms with van der Waals surface area (Å²) in [5.41, 5.74) is 7.24. The van der Waals surface area contributed by atoms with Crippen molar-refractivity contribution in [3.63, 3.8) is 0 Å². The van der Waals surface area contributed by atoms with E-state index in [0.29, 0.717) is 0 Å². The van der Waals surface area contributed by atoms with E-state index in [0.717, 1.165) is 0 Å². The van der Waals surface area contributed by atoms with Crippen LogP contribution in [0.25, 0.3) is 0 Å². The Morgan fingerprint density at radius 2 is 2.20 bits per heavy atom. The summed E-state index contributed by atoms with van der Waals surface area (Å²) in [6.07, 6.45) is 8.89. The highest BCUT2D eigenvalue weighted by Gasteiger charge is 2.05. The van der Waals surface area contributed by atoms with Crippen molar-refractivity contribution in [1.82, 2.24) is 0 Å². The fraction of sp³-hybridized carbons (Fsp3) is 0.778. The van der Waals surface area contributed by atoms with Crippen LogP contribution in [-0.2, 0) is 0 Å². The van der Waals surface area contributed by atoms with Crippen molar-refractivity contribution >= 4 is 0 Å². The first-order valence-electron chi connectivity index (χ1n) is 4.25. The van der Waals surface area contributed by atoms with Gasteiger partial charge in [-0.1, -0.05) is 18.1 Å². The van der Waals surface area contributed by atoms with E-state index in [1.54, 1.807) is 0 Å². The van der Waals surface area contributed by atoms with E-state index in [2.05, 4.69) is 13.0 Å². The molecule has 0 aliphatic heterocycles. The Morgan fingerprint density at radius 3 is 2.90 bits per heavy atom. The smallest absolute Gasteiger partial charge is 0.0224 e. The fourth-order valence-electron chi connectivity index (χ4n) is 1.45. The Hall–Kier alpha value is -0.300. The van der Waals surface area contributed by atoms with Crippen molar-refractivity contribution in [2.45, 2.75) is 45.1 Å². The second-order valence-corrected chi connectivity index (χ2v) is 3.17. The van der Waals surface area contributed by atoms with Crippen molar-refractivity contribution < 1.29 is 0 Å². The Kier molecular flexibility index (Phi) is 2.94. The zero-order valence-corrected chi connectivity index (χ0v) is 6.77. The monoisotopic (exact) mass is 139 g/mol. The first kappa shape index (κ1) is 7.80. The van der Waals surface area contributed by atoms with Crippen LogP contribution < -0.4 is 5.73 Å². The number of rotatable bonds is 1. The molecule has 2 N–H and O–H groups in total. The van der Waals surface area contributed by atoms with Gasteiger partial charge in [0.2, 0.25) is 0 Å². The maximum absolute atomic E-state index is 5.77. The maximum atomic E-state index is 5.77. The molecule has 0 aromatic heterocycles. The molecule has 1 rings (SSSR count). The van der Waals surface area contributed by atoms with E-state index in [9.17, 15) is 0 Å². The molecule has 0 fully saturated rings. The molecule has 1 atom stereocenters. The summed E-state index contributed by atoms with van der Waals surface area (Å²) in [6.45, 7) is 2.08. The molecule has 0 saturated carbocycles. The highest BCUT2D eigenvalue weighted by atomic mass is 14.6. The number of nitrogens with two attached hydrogens (primary N) is 1. The van der Waals surface area contributed by atoms with Gasteiger partial charge in [0.1, 0.15) is 0 Å². The second kappa shape index (κ2) is 3.77. The van der Waals surface area contributed by atoms with Gasteiger partial charge in [0, 0.05) is 6.04 Å². The molecule has 0 bridgehead atoms. The lowest BCUT2D eigenvalue weighted by molar-refractivity contribution is 0.691. The molecule has 0 aromatic rings.